The normalized spacial score (nSPS) is 14.4. The van der Waals surface area contributed by atoms with Crippen LogP contribution in [0, 0.1) is 5.82 Å². The van der Waals surface area contributed by atoms with Crippen molar-refractivity contribution in [3.05, 3.63) is 83.1 Å². The molecule has 0 radical (unpaired) electrons. The number of methoxy groups -OCH3 is 2. The van der Waals surface area contributed by atoms with Crippen LogP contribution in [-0.4, -0.2) is 58.0 Å². The summed E-state index contributed by atoms with van der Waals surface area (Å²) in [5.41, 5.74) is 0.774. The minimum Gasteiger partial charge on any atom is -0.493 e. The van der Waals surface area contributed by atoms with Gasteiger partial charge in [0, 0.05) is 23.7 Å². The van der Waals surface area contributed by atoms with Crippen LogP contribution in [0.15, 0.2) is 71.6 Å². The molecule has 0 aliphatic heterocycles. The van der Waals surface area contributed by atoms with E-state index in [0.717, 1.165) is 48.5 Å². The van der Waals surface area contributed by atoms with Crippen LogP contribution in [0.25, 0.3) is 0 Å². The van der Waals surface area contributed by atoms with Crippen molar-refractivity contribution in [2.24, 2.45) is 0 Å². The lowest BCUT2D eigenvalue weighted by molar-refractivity contribution is -0.139. The second kappa shape index (κ2) is 14.8. The van der Waals surface area contributed by atoms with E-state index in [1.54, 1.807) is 31.2 Å². The molecule has 1 saturated carbocycles. The molecule has 0 heterocycles. The van der Waals surface area contributed by atoms with Crippen LogP contribution in [0.4, 0.5) is 10.1 Å². The van der Waals surface area contributed by atoms with Gasteiger partial charge in [-0.05, 0) is 73.9 Å². The number of nitrogens with zero attached hydrogens (tertiary/aromatic N) is 2. The monoisotopic (exact) mass is 645 g/mol. The van der Waals surface area contributed by atoms with Crippen molar-refractivity contribution in [1.29, 1.82) is 0 Å². The third-order valence-electron chi connectivity index (χ3n) is 7.72. The zero-order chi connectivity index (χ0) is 31.9. The van der Waals surface area contributed by atoms with Crippen LogP contribution < -0.4 is 19.1 Å². The molecule has 3 aromatic carbocycles. The summed E-state index contributed by atoms with van der Waals surface area (Å²) in [5.74, 6) is -1.02. The standard InChI is InChI=1S/C32H37ClFN3O6S/c1-22(32(39)35-26-7-5-4-6-8-26)36(20-23-9-11-24(33)12-10-23)31(38)21-37(27-15-13-25(34)14-16-27)44(40,41)28-17-18-29(42-2)30(19-28)43-3/h9-19,22,26H,4-8,20-21H2,1-3H3,(H,35,39). The number of amides is 2. The molecule has 2 amide bonds. The average Bonchev–Trinajstić information content (AvgIpc) is 3.03. The molecule has 12 heteroatoms. The molecule has 0 aromatic heterocycles. The Balaban J connectivity index is 1.70. The van der Waals surface area contributed by atoms with E-state index >= 15 is 0 Å². The Morgan fingerprint density at radius 1 is 0.955 bits per heavy atom. The maximum atomic E-state index is 14.1. The number of rotatable bonds is 12. The van der Waals surface area contributed by atoms with E-state index in [9.17, 15) is 22.4 Å². The Hall–Kier alpha value is -3.83. The number of carbonyl (C=O) groups excluding carboxylic acids is 2. The summed E-state index contributed by atoms with van der Waals surface area (Å²) < 4.78 is 53.5. The second-order valence-corrected chi connectivity index (χ2v) is 13.0. The van der Waals surface area contributed by atoms with Gasteiger partial charge >= 0.3 is 0 Å². The number of benzene rings is 3. The van der Waals surface area contributed by atoms with E-state index in [4.69, 9.17) is 21.1 Å². The highest BCUT2D eigenvalue weighted by Gasteiger charge is 2.33. The summed E-state index contributed by atoms with van der Waals surface area (Å²) in [4.78, 5) is 28.7. The van der Waals surface area contributed by atoms with E-state index in [0.29, 0.717) is 16.3 Å². The molecule has 1 atom stereocenters. The van der Waals surface area contributed by atoms with E-state index in [2.05, 4.69) is 5.32 Å². The summed E-state index contributed by atoms with van der Waals surface area (Å²) in [7, 11) is -1.58. The van der Waals surface area contributed by atoms with Crippen molar-refractivity contribution >= 4 is 39.1 Å². The van der Waals surface area contributed by atoms with E-state index in [1.165, 1.54) is 49.5 Å². The van der Waals surface area contributed by atoms with Crippen molar-refractivity contribution < 1.29 is 31.9 Å². The molecular formula is C32H37ClFN3O6S. The lowest BCUT2D eigenvalue weighted by Gasteiger charge is -2.33. The van der Waals surface area contributed by atoms with Crippen LogP contribution >= 0.6 is 11.6 Å². The molecule has 3 aromatic rings. The van der Waals surface area contributed by atoms with Crippen molar-refractivity contribution in [2.75, 3.05) is 25.1 Å². The van der Waals surface area contributed by atoms with E-state index in [-0.39, 0.29) is 34.8 Å². The summed E-state index contributed by atoms with van der Waals surface area (Å²) in [5, 5.41) is 3.58. The van der Waals surface area contributed by atoms with Gasteiger partial charge in [0.25, 0.3) is 10.0 Å². The summed E-state index contributed by atoms with van der Waals surface area (Å²) in [6.07, 6.45) is 4.90. The van der Waals surface area contributed by atoms with Gasteiger partial charge in [-0.3, -0.25) is 13.9 Å². The first-order chi connectivity index (χ1) is 21.0. The van der Waals surface area contributed by atoms with Gasteiger partial charge in [0.05, 0.1) is 24.8 Å². The molecule has 0 bridgehead atoms. The van der Waals surface area contributed by atoms with Crippen LogP contribution in [0.1, 0.15) is 44.6 Å². The summed E-state index contributed by atoms with van der Waals surface area (Å²) >= 11 is 6.07. The summed E-state index contributed by atoms with van der Waals surface area (Å²) in [6.45, 7) is 0.997. The maximum absolute atomic E-state index is 14.1. The van der Waals surface area contributed by atoms with Crippen LogP contribution in [0.3, 0.4) is 0 Å². The Morgan fingerprint density at radius 3 is 2.20 bits per heavy atom. The van der Waals surface area contributed by atoms with Crippen molar-refractivity contribution in [1.82, 2.24) is 10.2 Å². The third kappa shape index (κ3) is 8.00. The SMILES string of the molecule is COc1ccc(S(=O)(=O)N(CC(=O)N(Cc2ccc(Cl)cc2)C(C)C(=O)NC2CCCCC2)c2ccc(F)cc2)cc1OC. The zero-order valence-electron chi connectivity index (χ0n) is 25.0. The molecule has 1 unspecified atom stereocenters. The lowest BCUT2D eigenvalue weighted by atomic mass is 9.95. The summed E-state index contributed by atoms with van der Waals surface area (Å²) in [6, 6.07) is 14.8. The molecule has 236 valence electrons. The number of anilines is 1. The van der Waals surface area contributed by atoms with Gasteiger partial charge in [-0.15, -0.1) is 0 Å². The Morgan fingerprint density at radius 2 is 1.59 bits per heavy atom. The van der Waals surface area contributed by atoms with Crippen LogP contribution in [0.2, 0.25) is 5.02 Å². The predicted molar refractivity (Wildman–Crippen MR) is 167 cm³/mol. The Kier molecular flexibility index (Phi) is 11.1. The molecule has 4 rings (SSSR count). The average molecular weight is 646 g/mol. The van der Waals surface area contributed by atoms with Gasteiger partial charge in [-0.2, -0.15) is 0 Å². The highest BCUT2D eigenvalue weighted by Crippen LogP contribution is 2.32. The minimum absolute atomic E-state index is 0.0207. The molecule has 1 aliphatic rings. The molecule has 1 N–H and O–H groups in total. The maximum Gasteiger partial charge on any atom is 0.264 e. The van der Waals surface area contributed by atoms with Gasteiger partial charge in [0.15, 0.2) is 11.5 Å². The third-order valence-corrected chi connectivity index (χ3v) is 9.74. The predicted octanol–water partition coefficient (Wildman–Crippen LogP) is 5.56. The largest absolute Gasteiger partial charge is 0.493 e. The van der Waals surface area contributed by atoms with Crippen LogP contribution in [-0.2, 0) is 26.2 Å². The highest BCUT2D eigenvalue weighted by atomic mass is 35.5. The van der Waals surface area contributed by atoms with Gasteiger partial charge in [-0.1, -0.05) is 43.0 Å². The lowest BCUT2D eigenvalue weighted by Crippen LogP contribution is -2.53. The molecule has 1 aliphatic carbocycles. The molecular weight excluding hydrogens is 609 g/mol. The van der Waals surface area contributed by atoms with Gasteiger partial charge < -0.3 is 19.7 Å². The van der Waals surface area contributed by atoms with Crippen molar-refractivity contribution in [2.45, 2.75) is 62.6 Å². The zero-order valence-corrected chi connectivity index (χ0v) is 26.5. The first-order valence-corrected chi connectivity index (χ1v) is 16.2. The van der Waals surface area contributed by atoms with Crippen LogP contribution in [0.5, 0.6) is 11.5 Å². The van der Waals surface area contributed by atoms with E-state index in [1.807, 2.05) is 0 Å². The second-order valence-electron chi connectivity index (χ2n) is 10.7. The molecule has 0 saturated heterocycles. The minimum atomic E-state index is -4.39. The number of carbonyl (C=O) groups is 2. The molecule has 44 heavy (non-hydrogen) atoms. The number of hydrogen-bond donors (Lipinski definition) is 1. The van der Waals surface area contributed by atoms with Crippen molar-refractivity contribution in [3.8, 4) is 11.5 Å². The highest BCUT2D eigenvalue weighted by molar-refractivity contribution is 7.92. The van der Waals surface area contributed by atoms with Gasteiger partial charge in [-0.25, -0.2) is 12.8 Å². The number of nitrogens with one attached hydrogen (secondary N) is 1. The fraction of sp³-hybridized carbons (Fsp3) is 0.375. The quantitative estimate of drug-likeness (QED) is 0.277. The molecule has 0 spiro atoms. The van der Waals surface area contributed by atoms with Gasteiger partial charge in [0.1, 0.15) is 18.4 Å². The number of halogens is 2. The first-order valence-electron chi connectivity index (χ1n) is 14.4. The van der Waals surface area contributed by atoms with Gasteiger partial charge in [0.2, 0.25) is 11.8 Å². The number of hydrogen-bond acceptors (Lipinski definition) is 6. The van der Waals surface area contributed by atoms with Crippen molar-refractivity contribution in [3.63, 3.8) is 0 Å². The fourth-order valence-electron chi connectivity index (χ4n) is 5.18. The Bertz CT molecular complexity index is 1550. The molecule has 1 fully saturated rings. The number of sulfonamides is 1. The topological polar surface area (TPSA) is 105 Å². The Labute approximate surface area is 262 Å². The first kappa shape index (κ1) is 33.1. The smallest absolute Gasteiger partial charge is 0.264 e. The van der Waals surface area contributed by atoms with E-state index < -0.39 is 34.3 Å². The fourth-order valence-corrected chi connectivity index (χ4v) is 6.73. The number of ether oxygens (including phenoxy) is 2. The molecule has 9 nitrogen and oxygen atoms in total.